The maximum atomic E-state index is 10.8. The molecule has 1 aromatic carbocycles. The van der Waals surface area contributed by atoms with Gasteiger partial charge in [0.25, 0.3) is 0 Å². The number of aryl methyl sites for hydroxylation is 1. The van der Waals surface area contributed by atoms with Gasteiger partial charge in [-0.15, -0.1) is 0 Å². The Hall–Kier alpha value is -1.31. The summed E-state index contributed by atoms with van der Waals surface area (Å²) >= 11 is 0. The van der Waals surface area contributed by atoms with Gasteiger partial charge in [0.15, 0.2) is 0 Å². The third kappa shape index (κ3) is 1.79. The van der Waals surface area contributed by atoms with Gasteiger partial charge in [0.1, 0.15) is 6.10 Å². The highest BCUT2D eigenvalue weighted by Gasteiger charge is 2.37. The third-order valence-electron chi connectivity index (χ3n) is 2.76. The lowest BCUT2D eigenvalue weighted by Gasteiger charge is -2.32. The zero-order valence-electron chi connectivity index (χ0n) is 8.27. The van der Waals surface area contributed by atoms with Crippen molar-refractivity contribution < 1.29 is 9.53 Å². The smallest absolute Gasteiger partial charge is 0.312 e. The zero-order chi connectivity index (χ0) is 9.97. The molecule has 14 heavy (non-hydrogen) atoms. The zero-order valence-corrected chi connectivity index (χ0v) is 8.27. The van der Waals surface area contributed by atoms with Crippen molar-refractivity contribution in [3.05, 3.63) is 35.9 Å². The number of benzene rings is 1. The second-order valence-electron chi connectivity index (χ2n) is 3.79. The number of hydrogen-bond acceptors (Lipinski definition) is 2. The van der Waals surface area contributed by atoms with Gasteiger partial charge in [-0.1, -0.05) is 30.3 Å². The van der Waals surface area contributed by atoms with Crippen LogP contribution in [0, 0.1) is 5.92 Å². The summed E-state index contributed by atoms with van der Waals surface area (Å²) in [6, 6.07) is 10.3. The fourth-order valence-electron chi connectivity index (χ4n) is 1.70. The standard InChI is InChI=1S/C12H14O2/c1-9-11(14-12(9)13)8-7-10-5-3-2-4-6-10/h2-6,9,11H,7-8H2,1H3. The van der Waals surface area contributed by atoms with E-state index in [2.05, 4.69) is 12.1 Å². The van der Waals surface area contributed by atoms with E-state index in [-0.39, 0.29) is 18.0 Å². The summed E-state index contributed by atoms with van der Waals surface area (Å²) in [6.07, 6.45) is 2.07. The highest BCUT2D eigenvalue weighted by Crippen LogP contribution is 2.25. The van der Waals surface area contributed by atoms with Gasteiger partial charge in [-0.05, 0) is 25.3 Å². The monoisotopic (exact) mass is 190 g/mol. The largest absolute Gasteiger partial charge is 0.461 e. The Labute approximate surface area is 83.9 Å². The molecule has 2 atom stereocenters. The van der Waals surface area contributed by atoms with Gasteiger partial charge < -0.3 is 4.74 Å². The fraction of sp³-hybridized carbons (Fsp3) is 0.417. The number of carbonyl (C=O) groups is 1. The van der Waals surface area contributed by atoms with Crippen LogP contribution in [0.15, 0.2) is 30.3 Å². The first-order valence-electron chi connectivity index (χ1n) is 5.02. The topological polar surface area (TPSA) is 26.3 Å². The Morgan fingerprint density at radius 1 is 1.29 bits per heavy atom. The number of ether oxygens (including phenoxy) is 1. The Morgan fingerprint density at radius 3 is 2.57 bits per heavy atom. The molecule has 0 aliphatic carbocycles. The number of cyclic esters (lactones) is 1. The maximum Gasteiger partial charge on any atom is 0.312 e. The van der Waals surface area contributed by atoms with Crippen molar-refractivity contribution in [3.8, 4) is 0 Å². The molecule has 74 valence electrons. The lowest BCUT2D eigenvalue weighted by atomic mass is 9.93. The molecule has 1 aliphatic heterocycles. The minimum absolute atomic E-state index is 0.0527. The molecule has 2 nitrogen and oxygen atoms in total. The van der Waals surface area contributed by atoms with Gasteiger partial charge in [-0.3, -0.25) is 4.79 Å². The SMILES string of the molecule is CC1C(=O)OC1CCc1ccccc1. The molecule has 0 spiro atoms. The summed E-state index contributed by atoms with van der Waals surface area (Å²) in [5, 5.41) is 0. The second kappa shape index (κ2) is 3.82. The quantitative estimate of drug-likeness (QED) is 0.683. The first-order chi connectivity index (χ1) is 6.77. The average Bonchev–Trinajstić information content (AvgIpc) is 2.25. The van der Waals surface area contributed by atoms with Crippen molar-refractivity contribution in [3.63, 3.8) is 0 Å². The summed E-state index contributed by atoms with van der Waals surface area (Å²) < 4.78 is 5.03. The van der Waals surface area contributed by atoms with E-state index in [0.29, 0.717) is 0 Å². The fourth-order valence-corrected chi connectivity index (χ4v) is 1.70. The Morgan fingerprint density at radius 2 is 2.00 bits per heavy atom. The lowest BCUT2D eigenvalue weighted by molar-refractivity contribution is -0.183. The van der Waals surface area contributed by atoms with Crippen LogP contribution in [0.1, 0.15) is 18.9 Å². The van der Waals surface area contributed by atoms with E-state index >= 15 is 0 Å². The molecule has 1 aliphatic rings. The molecular weight excluding hydrogens is 176 g/mol. The summed E-state index contributed by atoms with van der Waals surface area (Å²) in [4.78, 5) is 10.8. The number of esters is 1. The first kappa shape index (κ1) is 9.25. The normalized spacial score (nSPS) is 25.4. The minimum Gasteiger partial charge on any atom is -0.461 e. The number of carbonyl (C=O) groups excluding carboxylic acids is 1. The Kier molecular flexibility index (Phi) is 2.53. The number of rotatable bonds is 3. The van der Waals surface area contributed by atoms with Gasteiger partial charge >= 0.3 is 5.97 Å². The van der Waals surface area contributed by atoms with Crippen molar-refractivity contribution in [1.82, 2.24) is 0 Å². The molecule has 0 radical (unpaired) electrons. The Balaban J connectivity index is 1.81. The van der Waals surface area contributed by atoms with Crippen molar-refractivity contribution in [1.29, 1.82) is 0 Å². The van der Waals surface area contributed by atoms with E-state index in [1.165, 1.54) is 5.56 Å². The highest BCUT2D eigenvalue weighted by atomic mass is 16.6. The van der Waals surface area contributed by atoms with E-state index in [0.717, 1.165) is 12.8 Å². The molecule has 0 bridgehead atoms. The molecule has 0 N–H and O–H groups in total. The number of hydrogen-bond donors (Lipinski definition) is 0. The van der Waals surface area contributed by atoms with Crippen LogP contribution in [0.25, 0.3) is 0 Å². The highest BCUT2D eigenvalue weighted by molar-refractivity contribution is 5.77. The Bertz CT molecular complexity index is 318. The molecule has 2 heteroatoms. The van der Waals surface area contributed by atoms with Gasteiger partial charge in [0, 0.05) is 0 Å². The summed E-state index contributed by atoms with van der Waals surface area (Å²) in [5.74, 6) is 0.0433. The average molecular weight is 190 g/mol. The summed E-state index contributed by atoms with van der Waals surface area (Å²) in [5.41, 5.74) is 1.31. The van der Waals surface area contributed by atoms with Crippen LogP contribution in [0.4, 0.5) is 0 Å². The van der Waals surface area contributed by atoms with E-state index < -0.39 is 0 Å². The molecule has 0 saturated carbocycles. The van der Waals surface area contributed by atoms with E-state index in [1.54, 1.807) is 0 Å². The van der Waals surface area contributed by atoms with Crippen molar-refractivity contribution >= 4 is 5.97 Å². The van der Waals surface area contributed by atoms with Gasteiger partial charge in [-0.2, -0.15) is 0 Å². The predicted octanol–water partition coefficient (Wildman–Crippen LogP) is 2.18. The van der Waals surface area contributed by atoms with Crippen molar-refractivity contribution in [2.45, 2.75) is 25.9 Å². The molecule has 2 rings (SSSR count). The second-order valence-corrected chi connectivity index (χ2v) is 3.79. The molecule has 1 heterocycles. The molecule has 1 aromatic rings. The van der Waals surface area contributed by atoms with Gasteiger partial charge in [0.2, 0.25) is 0 Å². The predicted molar refractivity (Wildman–Crippen MR) is 53.8 cm³/mol. The van der Waals surface area contributed by atoms with Crippen LogP contribution in [0.2, 0.25) is 0 Å². The first-order valence-corrected chi connectivity index (χ1v) is 5.02. The van der Waals surface area contributed by atoms with Crippen LogP contribution in [0.3, 0.4) is 0 Å². The van der Waals surface area contributed by atoms with E-state index in [1.807, 2.05) is 25.1 Å². The summed E-state index contributed by atoms with van der Waals surface area (Å²) in [7, 11) is 0. The van der Waals surface area contributed by atoms with Crippen LogP contribution < -0.4 is 0 Å². The molecule has 0 aromatic heterocycles. The van der Waals surface area contributed by atoms with Crippen LogP contribution >= 0.6 is 0 Å². The van der Waals surface area contributed by atoms with Crippen LogP contribution in [0.5, 0.6) is 0 Å². The maximum absolute atomic E-state index is 10.8. The van der Waals surface area contributed by atoms with Crippen LogP contribution in [-0.4, -0.2) is 12.1 Å². The van der Waals surface area contributed by atoms with Gasteiger partial charge in [-0.25, -0.2) is 0 Å². The van der Waals surface area contributed by atoms with Crippen molar-refractivity contribution in [2.75, 3.05) is 0 Å². The van der Waals surface area contributed by atoms with E-state index in [4.69, 9.17) is 4.74 Å². The van der Waals surface area contributed by atoms with Crippen molar-refractivity contribution in [2.24, 2.45) is 5.92 Å². The molecule has 1 fully saturated rings. The van der Waals surface area contributed by atoms with Crippen LogP contribution in [-0.2, 0) is 16.0 Å². The molecule has 0 amide bonds. The van der Waals surface area contributed by atoms with Gasteiger partial charge in [0.05, 0.1) is 5.92 Å². The molecular formula is C12H14O2. The molecule has 2 unspecified atom stereocenters. The third-order valence-corrected chi connectivity index (χ3v) is 2.76. The lowest BCUT2D eigenvalue weighted by Crippen LogP contribution is -2.43. The van der Waals surface area contributed by atoms with E-state index in [9.17, 15) is 4.79 Å². The molecule has 1 saturated heterocycles. The summed E-state index contributed by atoms with van der Waals surface area (Å²) in [6.45, 7) is 1.93. The minimum atomic E-state index is -0.0527.